The minimum atomic E-state index is 0.211. The Labute approximate surface area is 120 Å². The number of hydrogen-bond acceptors (Lipinski definition) is 3. The molecule has 2 aromatic rings. The summed E-state index contributed by atoms with van der Waals surface area (Å²) in [7, 11) is 0. The summed E-state index contributed by atoms with van der Waals surface area (Å²) in [6, 6.07) is 11.1. The third-order valence-electron chi connectivity index (χ3n) is 4.28. The quantitative estimate of drug-likeness (QED) is 0.931. The van der Waals surface area contributed by atoms with Gasteiger partial charge in [0, 0.05) is 17.6 Å². The molecule has 0 bridgehead atoms. The van der Waals surface area contributed by atoms with Gasteiger partial charge in [-0.1, -0.05) is 31.2 Å². The lowest BCUT2D eigenvalue weighted by molar-refractivity contribution is 0.129. The zero-order chi connectivity index (χ0) is 13.9. The van der Waals surface area contributed by atoms with E-state index in [0.29, 0.717) is 6.04 Å². The molecule has 2 heterocycles. The SMILES string of the molecule is CCCN1CCCC(N)C1c1cccc2cccnc12. The van der Waals surface area contributed by atoms with E-state index in [1.165, 1.54) is 23.8 Å². The van der Waals surface area contributed by atoms with Crippen LogP contribution in [0.15, 0.2) is 36.5 Å². The van der Waals surface area contributed by atoms with Crippen LogP contribution in [0.4, 0.5) is 0 Å². The monoisotopic (exact) mass is 269 g/mol. The molecule has 2 atom stereocenters. The standard InChI is InChI=1S/C17H23N3/c1-2-11-20-12-5-9-15(18)17(20)14-8-3-6-13-7-4-10-19-16(13)14/h3-4,6-8,10,15,17H,2,5,9,11-12,18H2,1H3. The molecule has 0 saturated carbocycles. The minimum absolute atomic E-state index is 0.211. The average Bonchev–Trinajstić information content (AvgIpc) is 2.48. The summed E-state index contributed by atoms with van der Waals surface area (Å²) in [6.07, 6.45) is 5.36. The topological polar surface area (TPSA) is 42.1 Å². The second kappa shape index (κ2) is 5.90. The summed E-state index contributed by atoms with van der Waals surface area (Å²) in [6.45, 7) is 4.50. The first-order valence-electron chi connectivity index (χ1n) is 7.64. The molecular formula is C17H23N3. The van der Waals surface area contributed by atoms with E-state index in [2.05, 4.69) is 41.1 Å². The van der Waals surface area contributed by atoms with E-state index in [1.54, 1.807) is 0 Å². The highest BCUT2D eigenvalue weighted by molar-refractivity contribution is 5.82. The summed E-state index contributed by atoms with van der Waals surface area (Å²) in [5, 5.41) is 1.21. The van der Waals surface area contributed by atoms with Crippen molar-refractivity contribution in [1.82, 2.24) is 9.88 Å². The highest BCUT2D eigenvalue weighted by Crippen LogP contribution is 2.33. The number of likely N-dealkylation sites (tertiary alicyclic amines) is 1. The van der Waals surface area contributed by atoms with E-state index >= 15 is 0 Å². The Morgan fingerprint density at radius 3 is 3.00 bits per heavy atom. The number of rotatable bonds is 3. The van der Waals surface area contributed by atoms with Crippen molar-refractivity contribution >= 4 is 10.9 Å². The number of benzene rings is 1. The molecule has 2 unspecified atom stereocenters. The van der Waals surface area contributed by atoms with Gasteiger partial charge in [-0.15, -0.1) is 0 Å². The number of hydrogen-bond donors (Lipinski definition) is 1. The van der Waals surface area contributed by atoms with E-state index < -0.39 is 0 Å². The van der Waals surface area contributed by atoms with Gasteiger partial charge in [0.2, 0.25) is 0 Å². The van der Waals surface area contributed by atoms with Crippen LogP contribution in [0.1, 0.15) is 37.8 Å². The molecule has 1 aliphatic rings. The molecule has 0 radical (unpaired) electrons. The van der Waals surface area contributed by atoms with Crippen molar-refractivity contribution in [1.29, 1.82) is 0 Å². The van der Waals surface area contributed by atoms with Gasteiger partial charge in [-0.2, -0.15) is 0 Å². The summed E-state index contributed by atoms with van der Waals surface area (Å²) < 4.78 is 0. The van der Waals surface area contributed by atoms with E-state index in [1.807, 2.05) is 12.3 Å². The molecule has 0 aliphatic carbocycles. The first-order chi connectivity index (χ1) is 9.81. The zero-order valence-corrected chi connectivity index (χ0v) is 12.1. The highest BCUT2D eigenvalue weighted by atomic mass is 15.2. The van der Waals surface area contributed by atoms with Crippen LogP contribution in [0.2, 0.25) is 0 Å². The molecule has 1 aromatic heterocycles. The first kappa shape index (κ1) is 13.5. The molecular weight excluding hydrogens is 246 g/mol. The smallest absolute Gasteiger partial charge is 0.0750 e. The van der Waals surface area contributed by atoms with Crippen LogP contribution >= 0.6 is 0 Å². The minimum Gasteiger partial charge on any atom is -0.326 e. The number of pyridine rings is 1. The molecule has 1 saturated heterocycles. The second-order valence-electron chi connectivity index (χ2n) is 5.71. The lowest BCUT2D eigenvalue weighted by atomic mass is 9.89. The van der Waals surface area contributed by atoms with Crippen LogP contribution in [0, 0.1) is 0 Å². The molecule has 1 aliphatic heterocycles. The average molecular weight is 269 g/mol. The summed E-state index contributed by atoms with van der Waals surface area (Å²) in [4.78, 5) is 7.14. The summed E-state index contributed by atoms with van der Waals surface area (Å²) in [5.41, 5.74) is 8.86. The summed E-state index contributed by atoms with van der Waals surface area (Å²) >= 11 is 0. The zero-order valence-electron chi connectivity index (χ0n) is 12.1. The number of aromatic nitrogens is 1. The number of para-hydroxylation sites is 1. The van der Waals surface area contributed by atoms with Crippen LogP contribution in [0.3, 0.4) is 0 Å². The highest BCUT2D eigenvalue weighted by Gasteiger charge is 2.31. The third kappa shape index (κ3) is 2.43. The van der Waals surface area contributed by atoms with Crippen molar-refractivity contribution in [3.8, 4) is 0 Å². The lowest BCUT2D eigenvalue weighted by Gasteiger charge is -2.40. The number of piperidine rings is 1. The lowest BCUT2D eigenvalue weighted by Crippen LogP contribution is -2.46. The summed E-state index contributed by atoms with van der Waals surface area (Å²) in [5.74, 6) is 0. The number of nitrogens with zero attached hydrogens (tertiary/aromatic N) is 2. The maximum absolute atomic E-state index is 6.45. The largest absolute Gasteiger partial charge is 0.326 e. The Balaban J connectivity index is 2.06. The normalized spacial score (nSPS) is 24.1. The number of fused-ring (bicyclic) bond motifs is 1. The Kier molecular flexibility index (Phi) is 3.99. The molecule has 0 amide bonds. The third-order valence-corrected chi connectivity index (χ3v) is 4.28. The van der Waals surface area contributed by atoms with Gasteiger partial charge in [-0.3, -0.25) is 9.88 Å². The first-order valence-corrected chi connectivity index (χ1v) is 7.64. The van der Waals surface area contributed by atoms with Crippen molar-refractivity contribution < 1.29 is 0 Å². The van der Waals surface area contributed by atoms with Gasteiger partial charge in [0.15, 0.2) is 0 Å². The molecule has 106 valence electrons. The Morgan fingerprint density at radius 1 is 1.30 bits per heavy atom. The van der Waals surface area contributed by atoms with Gasteiger partial charge in [0.1, 0.15) is 0 Å². The van der Waals surface area contributed by atoms with E-state index in [-0.39, 0.29) is 6.04 Å². The molecule has 1 aromatic carbocycles. The van der Waals surface area contributed by atoms with Gasteiger partial charge in [0.25, 0.3) is 0 Å². The van der Waals surface area contributed by atoms with Crippen LogP contribution in [0.25, 0.3) is 10.9 Å². The van der Waals surface area contributed by atoms with Gasteiger partial charge >= 0.3 is 0 Å². The van der Waals surface area contributed by atoms with Crippen molar-refractivity contribution in [2.75, 3.05) is 13.1 Å². The Bertz CT molecular complexity index is 574. The van der Waals surface area contributed by atoms with Gasteiger partial charge in [-0.05, 0) is 44.0 Å². The molecule has 3 rings (SSSR count). The fourth-order valence-electron chi connectivity index (χ4n) is 3.43. The second-order valence-corrected chi connectivity index (χ2v) is 5.71. The molecule has 0 spiro atoms. The van der Waals surface area contributed by atoms with Crippen LogP contribution < -0.4 is 5.73 Å². The predicted molar refractivity (Wildman–Crippen MR) is 83.6 cm³/mol. The van der Waals surface area contributed by atoms with Crippen LogP contribution in [-0.4, -0.2) is 29.0 Å². The Hall–Kier alpha value is -1.45. The number of nitrogens with two attached hydrogens (primary N) is 1. The van der Waals surface area contributed by atoms with Crippen LogP contribution in [-0.2, 0) is 0 Å². The van der Waals surface area contributed by atoms with Crippen molar-refractivity contribution in [2.24, 2.45) is 5.73 Å². The fraction of sp³-hybridized carbons (Fsp3) is 0.471. The van der Waals surface area contributed by atoms with E-state index in [9.17, 15) is 0 Å². The molecule has 3 nitrogen and oxygen atoms in total. The van der Waals surface area contributed by atoms with E-state index in [4.69, 9.17) is 5.73 Å². The molecule has 20 heavy (non-hydrogen) atoms. The molecule has 1 fully saturated rings. The molecule has 2 N–H and O–H groups in total. The van der Waals surface area contributed by atoms with Crippen molar-refractivity contribution in [2.45, 2.75) is 38.3 Å². The van der Waals surface area contributed by atoms with Crippen LogP contribution in [0.5, 0.6) is 0 Å². The van der Waals surface area contributed by atoms with Crippen molar-refractivity contribution in [3.63, 3.8) is 0 Å². The van der Waals surface area contributed by atoms with Gasteiger partial charge in [-0.25, -0.2) is 0 Å². The fourth-order valence-corrected chi connectivity index (χ4v) is 3.43. The van der Waals surface area contributed by atoms with Gasteiger partial charge < -0.3 is 5.73 Å². The maximum Gasteiger partial charge on any atom is 0.0750 e. The van der Waals surface area contributed by atoms with Gasteiger partial charge in [0.05, 0.1) is 11.6 Å². The van der Waals surface area contributed by atoms with Crippen molar-refractivity contribution in [3.05, 3.63) is 42.1 Å². The Morgan fingerprint density at radius 2 is 2.15 bits per heavy atom. The maximum atomic E-state index is 6.45. The van der Waals surface area contributed by atoms with E-state index in [0.717, 1.165) is 25.0 Å². The molecule has 3 heteroatoms. The predicted octanol–water partition coefficient (Wildman–Crippen LogP) is 3.11.